The summed E-state index contributed by atoms with van der Waals surface area (Å²) in [6.07, 6.45) is 6.44. The van der Waals surface area contributed by atoms with Crippen molar-refractivity contribution in [1.29, 1.82) is 0 Å². The molecule has 1 aromatic rings. The maximum Gasteiger partial charge on any atom is 0.0539 e. The molecular weight excluding hydrogens is 216 g/mol. The molecule has 1 heterocycles. The molecule has 0 saturated heterocycles. The number of nitrogens with two attached hydrogens (primary N) is 1. The Bertz CT molecular complexity index is 317. The molecule has 1 aromatic heterocycles. The Kier molecular flexibility index (Phi) is 6.38. The summed E-state index contributed by atoms with van der Waals surface area (Å²) in [6.45, 7) is 5.89. The van der Waals surface area contributed by atoms with Crippen LogP contribution >= 0.6 is 11.3 Å². The van der Waals surface area contributed by atoms with Crippen molar-refractivity contribution in [1.82, 2.24) is 5.32 Å². The van der Waals surface area contributed by atoms with E-state index in [1.54, 1.807) is 0 Å². The van der Waals surface area contributed by atoms with Gasteiger partial charge in [0.2, 0.25) is 0 Å². The fraction of sp³-hybridized carbons (Fsp3) is 0.538. The van der Waals surface area contributed by atoms with Gasteiger partial charge in [-0.2, -0.15) is 0 Å². The second-order valence-corrected chi connectivity index (χ2v) is 4.96. The van der Waals surface area contributed by atoms with Gasteiger partial charge < -0.3 is 11.1 Å². The fourth-order valence-corrected chi connectivity index (χ4v) is 2.62. The average molecular weight is 238 g/mol. The lowest BCUT2D eigenvalue weighted by atomic mass is 10.2. The van der Waals surface area contributed by atoms with Gasteiger partial charge in [-0.25, -0.2) is 0 Å². The lowest BCUT2D eigenvalue weighted by molar-refractivity contribution is 0.556. The molecule has 0 saturated carbocycles. The van der Waals surface area contributed by atoms with E-state index in [1.807, 2.05) is 18.3 Å². The van der Waals surface area contributed by atoms with E-state index in [1.165, 1.54) is 9.75 Å². The van der Waals surface area contributed by atoms with Crippen LogP contribution in [0.2, 0.25) is 0 Å². The highest BCUT2D eigenvalue weighted by Gasteiger charge is 2.10. The van der Waals surface area contributed by atoms with Gasteiger partial charge in [0, 0.05) is 16.3 Å². The van der Waals surface area contributed by atoms with Crippen LogP contribution in [-0.2, 0) is 6.42 Å². The molecule has 1 atom stereocenters. The Balaban J connectivity index is 2.46. The summed E-state index contributed by atoms with van der Waals surface area (Å²) >= 11 is 1.87. The van der Waals surface area contributed by atoms with E-state index >= 15 is 0 Å². The predicted octanol–water partition coefficient (Wildman–Crippen LogP) is 2.87. The zero-order chi connectivity index (χ0) is 11.8. The lowest BCUT2D eigenvalue weighted by Crippen LogP contribution is -2.28. The summed E-state index contributed by atoms with van der Waals surface area (Å²) in [7, 11) is 0. The van der Waals surface area contributed by atoms with Gasteiger partial charge >= 0.3 is 0 Å². The maximum absolute atomic E-state index is 5.80. The summed E-state index contributed by atoms with van der Waals surface area (Å²) < 4.78 is 0. The zero-order valence-corrected chi connectivity index (χ0v) is 11.0. The van der Waals surface area contributed by atoms with Crippen molar-refractivity contribution in [2.45, 2.75) is 32.7 Å². The first kappa shape index (κ1) is 13.4. The molecule has 16 heavy (non-hydrogen) atoms. The summed E-state index contributed by atoms with van der Waals surface area (Å²) in [4.78, 5) is 2.79. The number of hydrogen-bond donors (Lipinski definition) is 2. The first-order valence-electron chi connectivity index (χ1n) is 5.95. The second-order valence-electron chi connectivity index (χ2n) is 3.76. The molecule has 1 unspecified atom stereocenters. The van der Waals surface area contributed by atoms with Crippen molar-refractivity contribution in [2.24, 2.45) is 5.73 Å². The Hall–Kier alpha value is -0.640. The quantitative estimate of drug-likeness (QED) is 0.566. The van der Waals surface area contributed by atoms with Gasteiger partial charge in [-0.15, -0.1) is 11.3 Å². The fourth-order valence-electron chi connectivity index (χ4n) is 1.58. The van der Waals surface area contributed by atoms with Crippen LogP contribution in [0.15, 0.2) is 24.3 Å². The summed E-state index contributed by atoms with van der Waals surface area (Å²) in [5.74, 6) is 0. The van der Waals surface area contributed by atoms with Crippen molar-refractivity contribution >= 4 is 11.3 Å². The molecule has 0 spiro atoms. The van der Waals surface area contributed by atoms with E-state index in [9.17, 15) is 0 Å². The van der Waals surface area contributed by atoms with Gasteiger partial charge in [-0.05, 0) is 38.4 Å². The topological polar surface area (TPSA) is 38.0 Å². The van der Waals surface area contributed by atoms with Crippen molar-refractivity contribution in [2.75, 3.05) is 13.1 Å². The minimum absolute atomic E-state index is 0.315. The van der Waals surface area contributed by atoms with Gasteiger partial charge in [0.05, 0.1) is 6.04 Å². The minimum atomic E-state index is 0.315. The van der Waals surface area contributed by atoms with Crippen LogP contribution in [-0.4, -0.2) is 13.1 Å². The van der Waals surface area contributed by atoms with E-state index in [0.717, 1.165) is 19.4 Å². The molecule has 0 fully saturated rings. The molecule has 0 bridgehead atoms. The highest BCUT2D eigenvalue weighted by atomic mass is 32.1. The van der Waals surface area contributed by atoms with E-state index in [-0.39, 0.29) is 0 Å². The van der Waals surface area contributed by atoms with Gasteiger partial charge in [0.25, 0.3) is 0 Å². The summed E-state index contributed by atoms with van der Waals surface area (Å²) in [6, 6.07) is 4.72. The molecule has 0 aliphatic rings. The highest BCUT2D eigenvalue weighted by Crippen LogP contribution is 2.23. The maximum atomic E-state index is 5.80. The lowest BCUT2D eigenvalue weighted by Gasteiger charge is -2.14. The van der Waals surface area contributed by atoms with Crippen molar-refractivity contribution in [3.63, 3.8) is 0 Å². The SMILES string of the molecule is C/C=C/CCNC(CN)c1ccc(CC)s1. The molecule has 0 aliphatic carbocycles. The van der Waals surface area contributed by atoms with Crippen LogP contribution in [0.25, 0.3) is 0 Å². The van der Waals surface area contributed by atoms with Crippen molar-refractivity contribution in [3.05, 3.63) is 34.0 Å². The summed E-state index contributed by atoms with van der Waals surface area (Å²) in [5, 5.41) is 3.49. The molecule has 3 N–H and O–H groups in total. The number of thiophene rings is 1. The zero-order valence-electron chi connectivity index (χ0n) is 10.2. The second kappa shape index (κ2) is 7.60. The van der Waals surface area contributed by atoms with Gasteiger partial charge in [-0.3, -0.25) is 0 Å². The molecule has 2 nitrogen and oxygen atoms in total. The number of rotatable bonds is 7. The Labute approximate surface area is 103 Å². The van der Waals surface area contributed by atoms with E-state index in [2.05, 4.69) is 36.5 Å². The van der Waals surface area contributed by atoms with Crippen LogP contribution in [0.5, 0.6) is 0 Å². The first-order chi connectivity index (χ1) is 7.81. The van der Waals surface area contributed by atoms with Gasteiger partial charge in [-0.1, -0.05) is 19.1 Å². The Morgan fingerprint density at radius 3 is 2.88 bits per heavy atom. The third-order valence-corrected chi connectivity index (χ3v) is 3.89. The van der Waals surface area contributed by atoms with Crippen LogP contribution in [0.1, 0.15) is 36.1 Å². The molecule has 90 valence electrons. The van der Waals surface area contributed by atoms with Gasteiger partial charge in [0.1, 0.15) is 0 Å². The molecular formula is C13H22N2S. The number of aryl methyl sites for hydroxylation is 1. The normalized spacial score (nSPS) is 13.4. The number of nitrogens with one attached hydrogen (secondary N) is 1. The van der Waals surface area contributed by atoms with Crippen LogP contribution in [0, 0.1) is 0 Å². The predicted molar refractivity (Wildman–Crippen MR) is 72.9 cm³/mol. The number of hydrogen-bond acceptors (Lipinski definition) is 3. The molecule has 3 heteroatoms. The number of allylic oxidation sites excluding steroid dienone is 1. The smallest absolute Gasteiger partial charge is 0.0539 e. The third kappa shape index (κ3) is 4.08. The minimum Gasteiger partial charge on any atom is -0.329 e. The monoisotopic (exact) mass is 238 g/mol. The molecule has 0 amide bonds. The van der Waals surface area contributed by atoms with E-state index < -0.39 is 0 Å². The molecule has 0 aliphatic heterocycles. The summed E-state index contributed by atoms with van der Waals surface area (Å²) in [5.41, 5.74) is 5.80. The Morgan fingerprint density at radius 2 is 2.31 bits per heavy atom. The van der Waals surface area contributed by atoms with Crippen molar-refractivity contribution < 1.29 is 0 Å². The molecule has 0 aromatic carbocycles. The third-order valence-electron chi connectivity index (χ3n) is 2.55. The van der Waals surface area contributed by atoms with E-state index in [4.69, 9.17) is 5.73 Å². The standard InChI is InChI=1S/C13H22N2S/c1-3-5-6-9-15-12(10-14)13-8-7-11(4-2)16-13/h3,5,7-8,12,15H,4,6,9-10,14H2,1-2H3/b5-3+. The molecule has 1 rings (SSSR count). The largest absolute Gasteiger partial charge is 0.329 e. The van der Waals surface area contributed by atoms with Crippen LogP contribution < -0.4 is 11.1 Å². The van der Waals surface area contributed by atoms with Crippen molar-refractivity contribution in [3.8, 4) is 0 Å². The van der Waals surface area contributed by atoms with Crippen LogP contribution in [0.3, 0.4) is 0 Å². The Morgan fingerprint density at radius 1 is 1.50 bits per heavy atom. The first-order valence-corrected chi connectivity index (χ1v) is 6.76. The highest BCUT2D eigenvalue weighted by molar-refractivity contribution is 7.12. The van der Waals surface area contributed by atoms with Crippen LogP contribution in [0.4, 0.5) is 0 Å². The molecule has 0 radical (unpaired) electrons. The van der Waals surface area contributed by atoms with Gasteiger partial charge in [0.15, 0.2) is 0 Å². The van der Waals surface area contributed by atoms with E-state index in [0.29, 0.717) is 12.6 Å². The average Bonchev–Trinajstić information content (AvgIpc) is 2.78.